The molecule has 0 aliphatic heterocycles. The molecule has 1 saturated carbocycles. The molecular weight excluding hydrogens is 306 g/mol. The van der Waals surface area contributed by atoms with Crippen LogP contribution in [0.4, 0.5) is 0 Å². The molecule has 3 aromatic rings. The molecule has 0 bridgehead atoms. The summed E-state index contributed by atoms with van der Waals surface area (Å²) in [5.41, 5.74) is 0.714. The first-order chi connectivity index (χ1) is 11.6. The van der Waals surface area contributed by atoms with E-state index < -0.39 is 5.60 Å². The van der Waals surface area contributed by atoms with Crippen molar-refractivity contribution in [3.05, 3.63) is 59.9 Å². The van der Waals surface area contributed by atoms with Crippen molar-refractivity contribution in [2.45, 2.75) is 25.4 Å². The number of hydrogen-bond acceptors (Lipinski definition) is 4. The van der Waals surface area contributed by atoms with Crippen LogP contribution in [0.5, 0.6) is 0 Å². The van der Waals surface area contributed by atoms with Crippen molar-refractivity contribution in [2.24, 2.45) is 5.92 Å². The van der Waals surface area contributed by atoms with E-state index >= 15 is 0 Å². The van der Waals surface area contributed by atoms with Crippen LogP contribution in [-0.2, 0) is 5.60 Å². The molecule has 0 aromatic carbocycles. The summed E-state index contributed by atoms with van der Waals surface area (Å²) in [6.45, 7) is 1.92. The number of rotatable bonds is 5. The van der Waals surface area contributed by atoms with Crippen molar-refractivity contribution in [1.82, 2.24) is 14.7 Å². The minimum Gasteiger partial charge on any atom is -0.466 e. The monoisotopic (exact) mass is 325 g/mol. The molecule has 1 fully saturated rings. The lowest BCUT2D eigenvalue weighted by Crippen LogP contribution is -2.42. The normalized spacial score (nSPS) is 16.9. The number of fused-ring (bicyclic) bond motifs is 1. The average Bonchev–Trinajstić information content (AvgIpc) is 3.18. The molecular formula is C18H19N3O3. The number of carbonyl (C=O) groups is 1. The van der Waals surface area contributed by atoms with Gasteiger partial charge in [0.2, 0.25) is 0 Å². The fourth-order valence-electron chi connectivity index (χ4n) is 3.20. The molecule has 24 heavy (non-hydrogen) atoms. The first-order valence-electron chi connectivity index (χ1n) is 8.08. The number of pyridine rings is 1. The second-order valence-electron chi connectivity index (χ2n) is 6.33. The van der Waals surface area contributed by atoms with Crippen LogP contribution in [0.3, 0.4) is 0 Å². The van der Waals surface area contributed by atoms with Gasteiger partial charge in [-0.05, 0) is 49.9 Å². The number of imidazole rings is 1. The van der Waals surface area contributed by atoms with Gasteiger partial charge in [-0.3, -0.25) is 9.20 Å². The second kappa shape index (κ2) is 5.49. The summed E-state index contributed by atoms with van der Waals surface area (Å²) < 4.78 is 7.16. The first-order valence-corrected chi connectivity index (χ1v) is 8.08. The van der Waals surface area contributed by atoms with Gasteiger partial charge in [-0.2, -0.15) is 0 Å². The maximum Gasteiger partial charge on any atom is 0.270 e. The molecule has 124 valence electrons. The van der Waals surface area contributed by atoms with Crippen LogP contribution in [0, 0.1) is 12.8 Å². The molecule has 0 radical (unpaired) electrons. The molecule has 0 unspecified atom stereocenters. The molecule has 3 heterocycles. The minimum absolute atomic E-state index is 0.115. The van der Waals surface area contributed by atoms with Gasteiger partial charge in [0.05, 0.1) is 18.5 Å². The number of nitrogens with one attached hydrogen (secondary N) is 1. The molecule has 2 N–H and O–H groups in total. The lowest BCUT2D eigenvalue weighted by Gasteiger charge is -2.26. The third-order valence-corrected chi connectivity index (χ3v) is 4.64. The summed E-state index contributed by atoms with van der Waals surface area (Å²) >= 11 is 0. The Kier molecular flexibility index (Phi) is 3.42. The fourth-order valence-corrected chi connectivity index (χ4v) is 3.20. The largest absolute Gasteiger partial charge is 0.466 e. The number of carbonyl (C=O) groups excluding carboxylic acids is 1. The summed E-state index contributed by atoms with van der Waals surface area (Å²) in [5, 5.41) is 13.9. The minimum atomic E-state index is -1.16. The van der Waals surface area contributed by atoms with Gasteiger partial charge in [0, 0.05) is 6.20 Å². The summed E-state index contributed by atoms with van der Waals surface area (Å²) in [7, 11) is 0. The van der Waals surface area contributed by atoms with Crippen molar-refractivity contribution >= 4 is 11.6 Å². The summed E-state index contributed by atoms with van der Waals surface area (Å²) in [6.07, 6.45) is 5.21. The molecule has 0 spiro atoms. The van der Waals surface area contributed by atoms with Gasteiger partial charge in [0.25, 0.3) is 5.91 Å². The molecule has 1 aliphatic carbocycles. The van der Waals surface area contributed by atoms with E-state index in [2.05, 4.69) is 10.3 Å². The van der Waals surface area contributed by atoms with Gasteiger partial charge in [-0.25, -0.2) is 4.98 Å². The highest BCUT2D eigenvalue weighted by Crippen LogP contribution is 2.45. The Bertz CT molecular complexity index is 880. The number of aromatic nitrogens is 2. The Hall–Kier alpha value is -2.60. The van der Waals surface area contributed by atoms with Crippen LogP contribution in [0.25, 0.3) is 5.65 Å². The standard InChI is InChI=1S/C18H19N3O3/c1-12-16(21-9-3-2-6-15(21)20-12)17(22)19-11-18(23,13-7-8-13)14-5-4-10-24-14/h2-6,9-10,13,23H,7-8,11H2,1H3,(H,19,22)/t18-/m1/s1. The van der Waals surface area contributed by atoms with Crippen molar-refractivity contribution in [1.29, 1.82) is 0 Å². The van der Waals surface area contributed by atoms with Crippen molar-refractivity contribution in [2.75, 3.05) is 6.54 Å². The van der Waals surface area contributed by atoms with E-state index in [1.54, 1.807) is 22.8 Å². The van der Waals surface area contributed by atoms with Gasteiger partial charge in [-0.1, -0.05) is 6.07 Å². The molecule has 4 rings (SSSR count). The zero-order valence-corrected chi connectivity index (χ0v) is 13.4. The number of aliphatic hydroxyl groups is 1. The molecule has 3 aromatic heterocycles. The smallest absolute Gasteiger partial charge is 0.270 e. The average molecular weight is 325 g/mol. The van der Waals surface area contributed by atoms with Crippen LogP contribution in [0.2, 0.25) is 0 Å². The number of nitrogens with zero attached hydrogens (tertiary/aromatic N) is 2. The van der Waals surface area contributed by atoms with Crippen LogP contribution in [0.1, 0.15) is 34.8 Å². The SMILES string of the molecule is Cc1nc2ccccn2c1C(=O)NC[C@](O)(c1ccco1)C1CC1. The highest BCUT2D eigenvalue weighted by atomic mass is 16.4. The summed E-state index contributed by atoms with van der Waals surface area (Å²) in [6, 6.07) is 9.09. The van der Waals surface area contributed by atoms with Gasteiger partial charge in [0.1, 0.15) is 22.7 Å². The molecule has 0 saturated heterocycles. The fraction of sp³-hybridized carbons (Fsp3) is 0.333. The molecule has 1 atom stereocenters. The van der Waals surface area contributed by atoms with Gasteiger partial charge < -0.3 is 14.8 Å². The zero-order chi connectivity index (χ0) is 16.7. The van der Waals surface area contributed by atoms with E-state index in [4.69, 9.17) is 4.42 Å². The number of amides is 1. The maximum atomic E-state index is 12.7. The van der Waals surface area contributed by atoms with Crippen LogP contribution >= 0.6 is 0 Å². The van der Waals surface area contributed by atoms with Crippen molar-refractivity contribution in [3.63, 3.8) is 0 Å². The van der Waals surface area contributed by atoms with E-state index in [-0.39, 0.29) is 18.4 Å². The van der Waals surface area contributed by atoms with Crippen LogP contribution in [0.15, 0.2) is 47.2 Å². The Morgan fingerprint density at radius 1 is 1.42 bits per heavy atom. The lowest BCUT2D eigenvalue weighted by atomic mass is 9.94. The number of furan rings is 1. The van der Waals surface area contributed by atoms with Gasteiger partial charge in [-0.15, -0.1) is 0 Å². The van der Waals surface area contributed by atoms with Crippen LogP contribution in [-0.4, -0.2) is 26.9 Å². The number of aryl methyl sites for hydroxylation is 1. The van der Waals surface area contributed by atoms with E-state index in [1.165, 1.54) is 0 Å². The topological polar surface area (TPSA) is 79.8 Å². The highest BCUT2D eigenvalue weighted by molar-refractivity contribution is 5.94. The predicted octanol–water partition coefficient (Wildman–Crippen LogP) is 2.26. The summed E-state index contributed by atoms with van der Waals surface area (Å²) in [5.74, 6) is 0.365. The van der Waals surface area contributed by atoms with E-state index in [1.807, 2.05) is 31.3 Å². The van der Waals surface area contributed by atoms with Gasteiger partial charge >= 0.3 is 0 Å². The predicted molar refractivity (Wildman–Crippen MR) is 87.6 cm³/mol. The third-order valence-electron chi connectivity index (χ3n) is 4.64. The first kappa shape index (κ1) is 15.0. The molecule has 1 aliphatic rings. The van der Waals surface area contributed by atoms with Crippen LogP contribution < -0.4 is 5.32 Å². The quantitative estimate of drug-likeness (QED) is 0.754. The summed E-state index contributed by atoms with van der Waals surface area (Å²) in [4.78, 5) is 17.1. The Labute approximate surface area is 139 Å². The van der Waals surface area contributed by atoms with E-state index in [0.29, 0.717) is 17.1 Å². The molecule has 6 heteroatoms. The number of hydrogen-bond donors (Lipinski definition) is 2. The molecule has 6 nitrogen and oxygen atoms in total. The van der Waals surface area contributed by atoms with Crippen molar-refractivity contribution < 1.29 is 14.3 Å². The Morgan fingerprint density at radius 2 is 2.25 bits per heavy atom. The second-order valence-corrected chi connectivity index (χ2v) is 6.33. The van der Waals surface area contributed by atoms with E-state index in [9.17, 15) is 9.90 Å². The maximum absolute atomic E-state index is 12.7. The lowest BCUT2D eigenvalue weighted by molar-refractivity contribution is -0.00616. The Morgan fingerprint density at radius 3 is 2.96 bits per heavy atom. The van der Waals surface area contributed by atoms with Gasteiger partial charge in [0.15, 0.2) is 0 Å². The Balaban J connectivity index is 1.58. The van der Waals surface area contributed by atoms with Crippen molar-refractivity contribution in [3.8, 4) is 0 Å². The third kappa shape index (κ3) is 2.39. The zero-order valence-electron chi connectivity index (χ0n) is 13.4. The molecule has 1 amide bonds. The highest BCUT2D eigenvalue weighted by Gasteiger charge is 2.47. The van der Waals surface area contributed by atoms with E-state index in [0.717, 1.165) is 18.5 Å².